The summed E-state index contributed by atoms with van der Waals surface area (Å²) < 4.78 is 48.6. The predicted molar refractivity (Wildman–Crippen MR) is 85.6 cm³/mol. The molecule has 0 atom stereocenters. The van der Waals surface area contributed by atoms with Gasteiger partial charge in [0.15, 0.2) is 11.5 Å². The Labute approximate surface area is 139 Å². The normalized spacial score (nSPS) is 11.0. The second-order valence-electron chi connectivity index (χ2n) is 5.16. The fourth-order valence-corrected chi connectivity index (χ4v) is 2.02. The van der Waals surface area contributed by atoms with Crippen LogP contribution in [0.25, 0.3) is 0 Å². The summed E-state index contributed by atoms with van der Waals surface area (Å²) in [6.07, 6.45) is -1.40. The SMILES string of the molecule is C=CCN(CC(F)(F)F)C(=O)c1ccc(OCCCC)c(OC)c1. The molecule has 1 aromatic carbocycles. The Morgan fingerprint density at radius 1 is 1.33 bits per heavy atom. The minimum absolute atomic E-state index is 0.0980. The van der Waals surface area contributed by atoms with Gasteiger partial charge < -0.3 is 14.4 Å². The van der Waals surface area contributed by atoms with E-state index in [1.165, 1.54) is 31.4 Å². The second kappa shape index (κ2) is 9.20. The van der Waals surface area contributed by atoms with Crippen molar-refractivity contribution in [1.29, 1.82) is 0 Å². The van der Waals surface area contributed by atoms with Gasteiger partial charge in [-0.05, 0) is 24.6 Å². The van der Waals surface area contributed by atoms with Gasteiger partial charge in [-0.2, -0.15) is 13.2 Å². The maximum atomic E-state index is 12.6. The average molecular weight is 345 g/mol. The summed E-state index contributed by atoms with van der Waals surface area (Å²) in [5.74, 6) is 0.0155. The Hall–Kier alpha value is -2.18. The molecule has 0 saturated heterocycles. The standard InChI is InChI=1S/C17H22F3NO3/c1-4-6-10-24-14-8-7-13(11-15(14)23-3)16(22)21(9-5-2)12-17(18,19)20/h5,7-8,11H,2,4,6,9-10,12H2,1,3H3. The van der Waals surface area contributed by atoms with E-state index in [1.807, 2.05) is 6.92 Å². The molecular formula is C17H22F3NO3. The van der Waals surface area contributed by atoms with E-state index in [0.717, 1.165) is 12.8 Å². The number of unbranched alkanes of at least 4 members (excludes halogenated alkanes) is 1. The van der Waals surface area contributed by atoms with Crippen molar-refractivity contribution in [2.75, 3.05) is 26.8 Å². The number of ether oxygens (including phenoxy) is 2. The molecule has 0 heterocycles. The van der Waals surface area contributed by atoms with E-state index in [2.05, 4.69) is 6.58 Å². The Bertz CT molecular complexity index is 559. The number of amides is 1. The largest absolute Gasteiger partial charge is 0.493 e. The van der Waals surface area contributed by atoms with Gasteiger partial charge in [-0.3, -0.25) is 4.79 Å². The molecule has 0 unspecified atom stereocenters. The fourth-order valence-electron chi connectivity index (χ4n) is 2.02. The Balaban J connectivity index is 2.97. The number of carbonyl (C=O) groups is 1. The number of methoxy groups -OCH3 is 1. The minimum Gasteiger partial charge on any atom is -0.493 e. The lowest BCUT2D eigenvalue weighted by Gasteiger charge is -2.23. The molecule has 0 fully saturated rings. The number of rotatable bonds is 9. The van der Waals surface area contributed by atoms with Crippen LogP contribution in [0.1, 0.15) is 30.1 Å². The van der Waals surface area contributed by atoms with Crippen LogP contribution in [-0.2, 0) is 0 Å². The molecule has 24 heavy (non-hydrogen) atoms. The third-order valence-electron chi connectivity index (χ3n) is 3.17. The first kappa shape index (κ1) is 19.9. The predicted octanol–water partition coefficient (Wildman–Crippen LogP) is 4.06. The van der Waals surface area contributed by atoms with Crippen LogP contribution in [-0.4, -0.2) is 43.8 Å². The summed E-state index contributed by atoms with van der Waals surface area (Å²) in [5, 5.41) is 0. The number of carbonyl (C=O) groups excluding carboxylic acids is 1. The lowest BCUT2D eigenvalue weighted by Crippen LogP contribution is -2.39. The van der Waals surface area contributed by atoms with E-state index in [1.54, 1.807) is 0 Å². The van der Waals surface area contributed by atoms with Gasteiger partial charge in [-0.1, -0.05) is 19.4 Å². The summed E-state index contributed by atoms with van der Waals surface area (Å²) in [6, 6.07) is 4.34. The van der Waals surface area contributed by atoms with Gasteiger partial charge in [-0.25, -0.2) is 0 Å². The molecule has 0 spiro atoms. The zero-order chi connectivity index (χ0) is 18.2. The highest BCUT2D eigenvalue weighted by Crippen LogP contribution is 2.29. The van der Waals surface area contributed by atoms with Gasteiger partial charge in [-0.15, -0.1) is 6.58 Å². The highest BCUT2D eigenvalue weighted by Gasteiger charge is 2.33. The van der Waals surface area contributed by atoms with Crippen molar-refractivity contribution in [2.24, 2.45) is 0 Å². The van der Waals surface area contributed by atoms with Crippen molar-refractivity contribution in [3.05, 3.63) is 36.4 Å². The summed E-state index contributed by atoms with van der Waals surface area (Å²) in [5.41, 5.74) is 0.0980. The van der Waals surface area contributed by atoms with Crippen LogP contribution >= 0.6 is 0 Å². The van der Waals surface area contributed by atoms with E-state index < -0.39 is 18.6 Å². The van der Waals surface area contributed by atoms with Crippen molar-refractivity contribution >= 4 is 5.91 Å². The number of halogens is 3. The van der Waals surface area contributed by atoms with E-state index >= 15 is 0 Å². The van der Waals surface area contributed by atoms with Crippen LogP contribution < -0.4 is 9.47 Å². The van der Waals surface area contributed by atoms with Crippen LogP contribution in [0.4, 0.5) is 13.2 Å². The molecule has 134 valence electrons. The molecule has 7 heteroatoms. The van der Waals surface area contributed by atoms with Crippen LogP contribution in [0.15, 0.2) is 30.9 Å². The molecule has 4 nitrogen and oxygen atoms in total. The topological polar surface area (TPSA) is 38.8 Å². The summed E-state index contributed by atoms with van der Waals surface area (Å²) in [4.78, 5) is 13.0. The smallest absolute Gasteiger partial charge is 0.406 e. The summed E-state index contributed by atoms with van der Waals surface area (Å²) >= 11 is 0. The van der Waals surface area contributed by atoms with E-state index in [-0.39, 0.29) is 12.1 Å². The Kier molecular flexibility index (Phi) is 7.61. The molecule has 0 aliphatic carbocycles. The lowest BCUT2D eigenvalue weighted by molar-refractivity contribution is -0.139. The van der Waals surface area contributed by atoms with Crippen LogP contribution in [0, 0.1) is 0 Å². The van der Waals surface area contributed by atoms with Gasteiger partial charge in [0.2, 0.25) is 0 Å². The van der Waals surface area contributed by atoms with Gasteiger partial charge >= 0.3 is 6.18 Å². The third kappa shape index (κ3) is 6.14. The maximum Gasteiger partial charge on any atom is 0.406 e. The van der Waals surface area contributed by atoms with Crippen molar-refractivity contribution in [3.63, 3.8) is 0 Å². The molecule has 0 aliphatic heterocycles. The Morgan fingerprint density at radius 2 is 2.04 bits per heavy atom. The van der Waals surface area contributed by atoms with Gasteiger partial charge in [0.1, 0.15) is 6.54 Å². The van der Waals surface area contributed by atoms with Crippen LogP contribution in [0.5, 0.6) is 11.5 Å². The van der Waals surface area contributed by atoms with Crippen molar-refractivity contribution in [2.45, 2.75) is 25.9 Å². The van der Waals surface area contributed by atoms with Crippen LogP contribution in [0.2, 0.25) is 0 Å². The highest BCUT2D eigenvalue weighted by atomic mass is 19.4. The maximum absolute atomic E-state index is 12.6. The fraction of sp³-hybridized carbons (Fsp3) is 0.471. The molecule has 0 N–H and O–H groups in total. The van der Waals surface area contributed by atoms with Gasteiger partial charge in [0.25, 0.3) is 5.91 Å². The summed E-state index contributed by atoms with van der Waals surface area (Å²) in [7, 11) is 1.41. The zero-order valence-corrected chi connectivity index (χ0v) is 13.9. The molecule has 0 radical (unpaired) electrons. The quantitative estimate of drug-likeness (QED) is 0.500. The molecule has 0 aliphatic rings. The first-order valence-corrected chi connectivity index (χ1v) is 7.60. The van der Waals surface area contributed by atoms with Crippen molar-refractivity contribution in [1.82, 2.24) is 4.90 Å². The zero-order valence-electron chi connectivity index (χ0n) is 13.9. The first-order valence-electron chi connectivity index (χ1n) is 7.60. The summed E-state index contributed by atoms with van der Waals surface area (Å²) in [6.45, 7) is 4.37. The van der Waals surface area contributed by atoms with Crippen molar-refractivity contribution in [3.8, 4) is 11.5 Å². The molecule has 0 aromatic heterocycles. The number of benzene rings is 1. The minimum atomic E-state index is -4.48. The number of nitrogens with zero attached hydrogens (tertiary/aromatic N) is 1. The van der Waals surface area contributed by atoms with E-state index in [0.29, 0.717) is 23.0 Å². The number of alkyl halides is 3. The third-order valence-corrected chi connectivity index (χ3v) is 3.17. The van der Waals surface area contributed by atoms with Crippen LogP contribution in [0.3, 0.4) is 0 Å². The highest BCUT2D eigenvalue weighted by molar-refractivity contribution is 5.95. The van der Waals surface area contributed by atoms with Gasteiger partial charge in [0.05, 0.1) is 13.7 Å². The lowest BCUT2D eigenvalue weighted by atomic mass is 10.1. The molecule has 0 bridgehead atoms. The monoisotopic (exact) mass is 345 g/mol. The molecule has 1 aromatic rings. The van der Waals surface area contributed by atoms with Gasteiger partial charge in [0, 0.05) is 12.1 Å². The van der Waals surface area contributed by atoms with Crippen molar-refractivity contribution < 1.29 is 27.4 Å². The molecule has 1 rings (SSSR count). The number of hydrogen-bond acceptors (Lipinski definition) is 3. The second-order valence-corrected chi connectivity index (χ2v) is 5.16. The number of hydrogen-bond donors (Lipinski definition) is 0. The Morgan fingerprint density at radius 3 is 2.58 bits per heavy atom. The molecule has 1 amide bonds. The van der Waals surface area contributed by atoms with E-state index in [9.17, 15) is 18.0 Å². The molecular weight excluding hydrogens is 323 g/mol. The first-order chi connectivity index (χ1) is 11.3. The average Bonchev–Trinajstić information content (AvgIpc) is 2.53. The molecule has 0 saturated carbocycles. The van der Waals surface area contributed by atoms with E-state index in [4.69, 9.17) is 9.47 Å².